The molecule has 1 atom stereocenters. The van der Waals surface area contributed by atoms with Gasteiger partial charge in [-0.1, -0.05) is 0 Å². The van der Waals surface area contributed by atoms with Gasteiger partial charge in [0, 0.05) is 33.9 Å². The summed E-state index contributed by atoms with van der Waals surface area (Å²) in [7, 11) is 3.56. The lowest BCUT2D eigenvalue weighted by molar-refractivity contribution is 0.00413. The number of hydrogen-bond acceptors (Lipinski definition) is 4. The molecule has 0 aromatic carbocycles. The quantitative estimate of drug-likeness (QED) is 0.648. The highest BCUT2D eigenvalue weighted by molar-refractivity contribution is 4.77. The number of rotatable bonds is 9. The molecule has 1 aliphatic rings. The van der Waals surface area contributed by atoms with Crippen molar-refractivity contribution in [2.24, 2.45) is 5.92 Å². The van der Waals surface area contributed by atoms with E-state index < -0.39 is 0 Å². The Kier molecular flexibility index (Phi) is 7.91. The van der Waals surface area contributed by atoms with Crippen LogP contribution in [-0.2, 0) is 9.47 Å². The summed E-state index contributed by atoms with van der Waals surface area (Å²) in [5, 5.41) is 3.48. The fraction of sp³-hybridized carbons (Fsp3) is 1.00. The van der Waals surface area contributed by atoms with Gasteiger partial charge in [0.2, 0.25) is 0 Å². The van der Waals surface area contributed by atoms with Gasteiger partial charge in [-0.05, 0) is 52.1 Å². The first-order valence-corrected chi connectivity index (χ1v) is 7.54. The largest absolute Gasteiger partial charge is 0.383 e. The van der Waals surface area contributed by atoms with Crippen molar-refractivity contribution in [2.75, 3.05) is 53.6 Å². The molecule has 0 amide bonds. The third kappa shape index (κ3) is 7.25. The standard InChI is InChI=1S/C15H32N2O2/c1-15(2,19-4)7-10-17-9-5-6-14(13-17)12-16-8-11-18-3/h14,16H,5-13H2,1-4H3. The fourth-order valence-corrected chi connectivity index (χ4v) is 2.53. The van der Waals surface area contributed by atoms with Gasteiger partial charge in [0.25, 0.3) is 0 Å². The first kappa shape index (κ1) is 16.9. The molecular weight excluding hydrogens is 240 g/mol. The monoisotopic (exact) mass is 272 g/mol. The molecular formula is C15H32N2O2. The minimum absolute atomic E-state index is 0.00363. The summed E-state index contributed by atoms with van der Waals surface area (Å²) in [5.41, 5.74) is 0.00363. The van der Waals surface area contributed by atoms with Crippen molar-refractivity contribution >= 4 is 0 Å². The van der Waals surface area contributed by atoms with Crippen molar-refractivity contribution in [1.29, 1.82) is 0 Å². The maximum Gasteiger partial charge on any atom is 0.0634 e. The van der Waals surface area contributed by atoms with Crippen molar-refractivity contribution in [3.63, 3.8) is 0 Å². The zero-order valence-corrected chi connectivity index (χ0v) is 13.2. The highest BCUT2D eigenvalue weighted by atomic mass is 16.5. The molecule has 1 aliphatic heterocycles. The minimum atomic E-state index is 0.00363. The zero-order valence-electron chi connectivity index (χ0n) is 13.2. The SMILES string of the molecule is COCCNCC1CCCN(CCC(C)(C)OC)C1. The van der Waals surface area contributed by atoms with Crippen molar-refractivity contribution in [3.8, 4) is 0 Å². The lowest BCUT2D eigenvalue weighted by Gasteiger charge is -2.35. The molecule has 19 heavy (non-hydrogen) atoms. The van der Waals surface area contributed by atoms with E-state index in [1.54, 1.807) is 14.2 Å². The van der Waals surface area contributed by atoms with Crippen molar-refractivity contribution in [2.45, 2.75) is 38.7 Å². The van der Waals surface area contributed by atoms with E-state index in [9.17, 15) is 0 Å². The molecule has 1 rings (SSSR count). The summed E-state index contributed by atoms with van der Waals surface area (Å²) in [5.74, 6) is 0.788. The highest BCUT2D eigenvalue weighted by Crippen LogP contribution is 2.19. The van der Waals surface area contributed by atoms with Crippen LogP contribution in [0.4, 0.5) is 0 Å². The molecule has 0 saturated carbocycles. The summed E-state index contributed by atoms with van der Waals surface area (Å²) in [6.07, 6.45) is 3.78. The van der Waals surface area contributed by atoms with Gasteiger partial charge in [0.1, 0.15) is 0 Å². The van der Waals surface area contributed by atoms with Gasteiger partial charge in [-0.25, -0.2) is 0 Å². The number of nitrogens with zero attached hydrogens (tertiary/aromatic N) is 1. The second-order valence-corrected chi connectivity index (χ2v) is 6.22. The summed E-state index contributed by atoms with van der Waals surface area (Å²) in [6, 6.07) is 0. The third-order valence-electron chi connectivity index (χ3n) is 4.10. The molecule has 0 bridgehead atoms. The van der Waals surface area contributed by atoms with Crippen LogP contribution in [-0.4, -0.2) is 64.1 Å². The van der Waals surface area contributed by atoms with Crippen LogP contribution >= 0.6 is 0 Å². The molecule has 0 spiro atoms. The van der Waals surface area contributed by atoms with Crippen molar-refractivity contribution in [3.05, 3.63) is 0 Å². The highest BCUT2D eigenvalue weighted by Gasteiger charge is 2.22. The van der Waals surface area contributed by atoms with Gasteiger partial charge in [-0.2, -0.15) is 0 Å². The third-order valence-corrected chi connectivity index (χ3v) is 4.10. The Hall–Kier alpha value is -0.160. The molecule has 0 aliphatic carbocycles. The maximum absolute atomic E-state index is 5.49. The van der Waals surface area contributed by atoms with E-state index in [-0.39, 0.29) is 5.60 Å². The first-order valence-electron chi connectivity index (χ1n) is 7.54. The van der Waals surface area contributed by atoms with Gasteiger partial charge >= 0.3 is 0 Å². The lowest BCUT2D eigenvalue weighted by Crippen LogP contribution is -2.42. The number of likely N-dealkylation sites (tertiary alicyclic amines) is 1. The molecule has 0 radical (unpaired) electrons. The molecule has 0 aromatic heterocycles. The van der Waals surface area contributed by atoms with Crippen LogP contribution in [0.25, 0.3) is 0 Å². The zero-order chi connectivity index (χ0) is 14.1. The maximum atomic E-state index is 5.49. The van der Waals surface area contributed by atoms with Crippen LogP contribution in [0.1, 0.15) is 33.1 Å². The Labute approximate surface area is 118 Å². The Morgan fingerprint density at radius 3 is 2.79 bits per heavy atom. The topological polar surface area (TPSA) is 33.7 Å². The molecule has 1 saturated heterocycles. The average molecular weight is 272 g/mol. The Morgan fingerprint density at radius 2 is 2.11 bits per heavy atom. The van der Waals surface area contributed by atoms with E-state index in [0.717, 1.165) is 38.6 Å². The van der Waals surface area contributed by atoms with Crippen LogP contribution in [0.2, 0.25) is 0 Å². The van der Waals surface area contributed by atoms with Gasteiger partial charge < -0.3 is 19.7 Å². The summed E-state index contributed by atoms with van der Waals surface area (Å²) < 4.78 is 10.5. The second kappa shape index (κ2) is 8.90. The van der Waals surface area contributed by atoms with Crippen molar-refractivity contribution in [1.82, 2.24) is 10.2 Å². The molecule has 1 unspecified atom stereocenters. The molecule has 0 aromatic rings. The lowest BCUT2D eigenvalue weighted by atomic mass is 9.96. The summed E-state index contributed by atoms with van der Waals surface area (Å²) in [6.45, 7) is 10.8. The Morgan fingerprint density at radius 1 is 1.32 bits per heavy atom. The van der Waals surface area contributed by atoms with Crippen LogP contribution in [0, 0.1) is 5.92 Å². The summed E-state index contributed by atoms with van der Waals surface area (Å²) in [4.78, 5) is 2.59. The van der Waals surface area contributed by atoms with E-state index in [2.05, 4.69) is 24.1 Å². The molecule has 1 fully saturated rings. The average Bonchev–Trinajstić information content (AvgIpc) is 2.42. The second-order valence-electron chi connectivity index (χ2n) is 6.22. The number of ether oxygens (including phenoxy) is 2. The van der Waals surface area contributed by atoms with E-state index >= 15 is 0 Å². The smallest absolute Gasteiger partial charge is 0.0634 e. The normalized spacial score (nSPS) is 21.8. The van der Waals surface area contributed by atoms with Crippen LogP contribution in [0.3, 0.4) is 0 Å². The van der Waals surface area contributed by atoms with Crippen LogP contribution in [0.15, 0.2) is 0 Å². The number of nitrogens with one attached hydrogen (secondary N) is 1. The minimum Gasteiger partial charge on any atom is -0.383 e. The predicted octanol–water partition coefficient (Wildman–Crippen LogP) is 1.75. The first-order chi connectivity index (χ1) is 9.07. The van der Waals surface area contributed by atoms with Crippen molar-refractivity contribution < 1.29 is 9.47 Å². The molecule has 114 valence electrons. The van der Waals surface area contributed by atoms with E-state index in [4.69, 9.17) is 9.47 Å². The molecule has 4 nitrogen and oxygen atoms in total. The number of hydrogen-bond donors (Lipinski definition) is 1. The number of methoxy groups -OCH3 is 2. The van der Waals surface area contributed by atoms with E-state index in [1.165, 1.54) is 25.9 Å². The van der Waals surface area contributed by atoms with Crippen LogP contribution < -0.4 is 5.32 Å². The van der Waals surface area contributed by atoms with Gasteiger partial charge in [0.15, 0.2) is 0 Å². The summed E-state index contributed by atoms with van der Waals surface area (Å²) >= 11 is 0. The van der Waals surface area contributed by atoms with Gasteiger partial charge in [-0.3, -0.25) is 0 Å². The molecule has 1 heterocycles. The van der Waals surface area contributed by atoms with E-state index in [0.29, 0.717) is 0 Å². The Balaban J connectivity index is 2.18. The molecule has 4 heteroatoms. The number of piperidine rings is 1. The van der Waals surface area contributed by atoms with Crippen LogP contribution in [0.5, 0.6) is 0 Å². The van der Waals surface area contributed by atoms with Gasteiger partial charge in [-0.15, -0.1) is 0 Å². The van der Waals surface area contributed by atoms with E-state index in [1.807, 2.05) is 0 Å². The fourth-order valence-electron chi connectivity index (χ4n) is 2.53. The van der Waals surface area contributed by atoms with Gasteiger partial charge in [0.05, 0.1) is 12.2 Å². The Bertz CT molecular complexity index is 234. The molecule has 1 N–H and O–H groups in total. The predicted molar refractivity (Wildman–Crippen MR) is 79.6 cm³/mol.